The lowest BCUT2D eigenvalue weighted by Crippen LogP contribution is -2.42. The Bertz CT molecular complexity index is 691. The zero-order valence-electron chi connectivity index (χ0n) is 13.4. The van der Waals surface area contributed by atoms with Crippen LogP contribution in [0.2, 0.25) is 0 Å². The Morgan fingerprint density at radius 2 is 1.87 bits per heavy atom. The molecule has 1 aromatic heterocycles. The summed E-state index contributed by atoms with van der Waals surface area (Å²) in [5.74, 6) is -0.842. The molecule has 0 bridgehead atoms. The van der Waals surface area contributed by atoms with E-state index in [9.17, 15) is 9.90 Å². The third-order valence-electron chi connectivity index (χ3n) is 4.27. The van der Waals surface area contributed by atoms with E-state index in [2.05, 4.69) is 5.10 Å². The molecule has 1 saturated heterocycles. The van der Waals surface area contributed by atoms with Crippen molar-refractivity contribution in [2.45, 2.75) is 19.9 Å². The average molecular weight is 315 g/mol. The van der Waals surface area contributed by atoms with Gasteiger partial charge in [0.1, 0.15) is 6.04 Å². The van der Waals surface area contributed by atoms with E-state index in [0.717, 1.165) is 22.6 Å². The average Bonchev–Trinajstić information content (AvgIpc) is 2.85. The van der Waals surface area contributed by atoms with Gasteiger partial charge in [0.05, 0.1) is 24.6 Å². The normalized spacial score (nSPS) is 17.1. The minimum Gasteiger partial charge on any atom is -0.480 e. The Kier molecular flexibility index (Phi) is 4.45. The maximum atomic E-state index is 11.9. The quantitative estimate of drug-likeness (QED) is 0.934. The molecule has 1 aliphatic heterocycles. The zero-order chi connectivity index (χ0) is 16.4. The van der Waals surface area contributed by atoms with Crippen LogP contribution in [0.25, 0.3) is 5.69 Å². The molecule has 0 saturated carbocycles. The summed E-state index contributed by atoms with van der Waals surface area (Å²) in [7, 11) is 0. The first-order valence-electron chi connectivity index (χ1n) is 7.75. The molecule has 0 amide bonds. The maximum absolute atomic E-state index is 11.9. The molecule has 1 aliphatic rings. The number of carboxylic acids is 1. The number of para-hydroxylation sites is 1. The predicted molar refractivity (Wildman–Crippen MR) is 85.8 cm³/mol. The van der Waals surface area contributed by atoms with Gasteiger partial charge in [0.15, 0.2) is 0 Å². The number of carbonyl (C=O) groups is 1. The summed E-state index contributed by atoms with van der Waals surface area (Å²) in [6.45, 7) is 6.17. The number of hydrogen-bond donors (Lipinski definition) is 1. The fraction of sp³-hybridized carbons (Fsp3) is 0.412. The molecular formula is C17H21N3O3. The second kappa shape index (κ2) is 6.52. The molecule has 1 fully saturated rings. The summed E-state index contributed by atoms with van der Waals surface area (Å²) >= 11 is 0. The number of aryl methyl sites for hydroxylation is 1. The number of nitrogens with zero attached hydrogens (tertiary/aromatic N) is 3. The molecule has 0 spiro atoms. The number of aliphatic carboxylic acids is 1. The van der Waals surface area contributed by atoms with Crippen molar-refractivity contribution in [3.8, 4) is 5.69 Å². The van der Waals surface area contributed by atoms with Gasteiger partial charge in [0.25, 0.3) is 0 Å². The minimum atomic E-state index is -0.842. The summed E-state index contributed by atoms with van der Waals surface area (Å²) in [6, 6.07) is 9.09. The molecule has 1 N–H and O–H groups in total. The van der Waals surface area contributed by atoms with Crippen molar-refractivity contribution in [1.29, 1.82) is 0 Å². The molecule has 0 aliphatic carbocycles. The third-order valence-corrected chi connectivity index (χ3v) is 4.27. The van der Waals surface area contributed by atoms with E-state index in [1.165, 1.54) is 0 Å². The molecule has 2 aromatic rings. The van der Waals surface area contributed by atoms with Crippen molar-refractivity contribution in [3.05, 3.63) is 47.3 Å². The van der Waals surface area contributed by atoms with Gasteiger partial charge < -0.3 is 9.84 Å². The van der Waals surface area contributed by atoms with E-state index < -0.39 is 12.0 Å². The van der Waals surface area contributed by atoms with Crippen LogP contribution in [0.5, 0.6) is 0 Å². The van der Waals surface area contributed by atoms with Crippen LogP contribution in [0.4, 0.5) is 0 Å². The molecular weight excluding hydrogens is 294 g/mol. The Labute approximate surface area is 135 Å². The van der Waals surface area contributed by atoms with Crippen molar-refractivity contribution in [2.24, 2.45) is 0 Å². The molecule has 0 radical (unpaired) electrons. The van der Waals surface area contributed by atoms with Gasteiger partial charge in [-0.2, -0.15) is 5.10 Å². The highest BCUT2D eigenvalue weighted by Gasteiger charge is 2.33. The first-order chi connectivity index (χ1) is 11.1. The van der Waals surface area contributed by atoms with Gasteiger partial charge in [-0.25, -0.2) is 4.68 Å². The molecule has 2 heterocycles. The van der Waals surface area contributed by atoms with Crippen molar-refractivity contribution in [1.82, 2.24) is 14.7 Å². The van der Waals surface area contributed by atoms with Gasteiger partial charge >= 0.3 is 5.97 Å². The summed E-state index contributed by atoms with van der Waals surface area (Å²) in [5, 5.41) is 14.4. The molecule has 1 atom stereocenters. The molecule has 6 nitrogen and oxygen atoms in total. The van der Waals surface area contributed by atoms with Crippen LogP contribution in [0.15, 0.2) is 30.3 Å². The van der Waals surface area contributed by atoms with Crippen molar-refractivity contribution < 1.29 is 14.6 Å². The monoisotopic (exact) mass is 315 g/mol. The van der Waals surface area contributed by atoms with E-state index >= 15 is 0 Å². The van der Waals surface area contributed by atoms with E-state index in [-0.39, 0.29) is 0 Å². The summed E-state index contributed by atoms with van der Waals surface area (Å²) in [5.41, 5.74) is 3.34. The van der Waals surface area contributed by atoms with Crippen LogP contribution in [0, 0.1) is 13.8 Å². The van der Waals surface area contributed by atoms with Crippen molar-refractivity contribution in [3.63, 3.8) is 0 Å². The second-order valence-electron chi connectivity index (χ2n) is 5.72. The predicted octanol–water partition coefficient (Wildman–Crippen LogP) is 1.95. The highest BCUT2D eigenvalue weighted by Crippen LogP contribution is 2.29. The number of benzene rings is 1. The molecule has 23 heavy (non-hydrogen) atoms. The number of morpholine rings is 1. The zero-order valence-corrected chi connectivity index (χ0v) is 13.4. The van der Waals surface area contributed by atoms with E-state index in [0.29, 0.717) is 26.3 Å². The van der Waals surface area contributed by atoms with E-state index in [4.69, 9.17) is 4.74 Å². The standard InChI is InChI=1S/C17H21N3O3/c1-12-15(16(17(21)22)19-8-10-23-11-9-19)13(2)20(18-12)14-6-4-3-5-7-14/h3-7,16H,8-11H2,1-2H3,(H,21,22). The van der Waals surface area contributed by atoms with Crippen LogP contribution < -0.4 is 0 Å². The van der Waals surface area contributed by atoms with Crippen LogP contribution in [0.3, 0.4) is 0 Å². The SMILES string of the molecule is Cc1nn(-c2ccccc2)c(C)c1C(C(=O)O)N1CCOCC1. The van der Waals surface area contributed by atoms with Gasteiger partial charge in [-0.1, -0.05) is 18.2 Å². The molecule has 1 aromatic carbocycles. The third kappa shape index (κ3) is 3.00. The fourth-order valence-corrected chi connectivity index (χ4v) is 3.17. The van der Waals surface area contributed by atoms with Crippen molar-refractivity contribution in [2.75, 3.05) is 26.3 Å². The largest absolute Gasteiger partial charge is 0.480 e. The molecule has 3 rings (SSSR count). The van der Waals surface area contributed by atoms with E-state index in [1.807, 2.05) is 53.8 Å². The lowest BCUT2D eigenvalue weighted by Gasteiger charge is -2.32. The van der Waals surface area contributed by atoms with Crippen LogP contribution in [-0.2, 0) is 9.53 Å². The Balaban J connectivity index is 2.03. The topological polar surface area (TPSA) is 67.6 Å². The lowest BCUT2D eigenvalue weighted by molar-refractivity contribution is -0.145. The first-order valence-corrected chi connectivity index (χ1v) is 7.75. The number of aromatic nitrogens is 2. The lowest BCUT2D eigenvalue weighted by atomic mass is 10.0. The molecule has 1 unspecified atom stereocenters. The number of ether oxygens (including phenoxy) is 1. The number of hydrogen-bond acceptors (Lipinski definition) is 4. The minimum absolute atomic E-state index is 0.564. The molecule has 6 heteroatoms. The summed E-state index contributed by atoms with van der Waals surface area (Å²) in [6.07, 6.45) is 0. The fourth-order valence-electron chi connectivity index (χ4n) is 3.17. The Morgan fingerprint density at radius 1 is 1.22 bits per heavy atom. The second-order valence-corrected chi connectivity index (χ2v) is 5.72. The molecule has 122 valence electrons. The maximum Gasteiger partial charge on any atom is 0.325 e. The Morgan fingerprint density at radius 3 is 2.48 bits per heavy atom. The Hall–Kier alpha value is -2.18. The first kappa shape index (κ1) is 15.7. The van der Waals surface area contributed by atoms with Crippen molar-refractivity contribution >= 4 is 5.97 Å². The van der Waals surface area contributed by atoms with Gasteiger partial charge in [-0.3, -0.25) is 9.69 Å². The van der Waals surface area contributed by atoms with Gasteiger partial charge in [0.2, 0.25) is 0 Å². The van der Waals surface area contributed by atoms with Gasteiger partial charge in [-0.15, -0.1) is 0 Å². The smallest absolute Gasteiger partial charge is 0.325 e. The number of rotatable bonds is 4. The van der Waals surface area contributed by atoms with Crippen LogP contribution >= 0.6 is 0 Å². The van der Waals surface area contributed by atoms with Gasteiger partial charge in [0, 0.05) is 24.3 Å². The summed E-state index contributed by atoms with van der Waals surface area (Å²) < 4.78 is 7.17. The highest BCUT2D eigenvalue weighted by atomic mass is 16.5. The van der Waals surface area contributed by atoms with Crippen LogP contribution in [-0.4, -0.2) is 52.1 Å². The van der Waals surface area contributed by atoms with Gasteiger partial charge in [-0.05, 0) is 26.0 Å². The summed E-state index contributed by atoms with van der Waals surface area (Å²) in [4.78, 5) is 13.9. The number of carboxylic acid groups (broad SMARTS) is 1. The highest BCUT2D eigenvalue weighted by molar-refractivity contribution is 5.76. The van der Waals surface area contributed by atoms with E-state index in [1.54, 1.807) is 0 Å². The van der Waals surface area contributed by atoms with Crippen LogP contribution in [0.1, 0.15) is 23.0 Å².